The summed E-state index contributed by atoms with van der Waals surface area (Å²) in [5.74, 6) is 2.33. The topological polar surface area (TPSA) is 36.3 Å². The largest absolute Gasteiger partial charge is 0.410 e. The average Bonchev–Trinajstić information content (AvgIpc) is 2.28. The van der Waals surface area contributed by atoms with Crippen LogP contribution in [0.2, 0.25) is 0 Å². The molecule has 1 aromatic carbocycles. The van der Waals surface area contributed by atoms with Crippen molar-refractivity contribution in [3.63, 3.8) is 0 Å². The van der Waals surface area contributed by atoms with Gasteiger partial charge in [-0.05, 0) is 12.1 Å². The Balaban J connectivity index is 2.37. The molecule has 0 amide bonds. The number of nitrogens with zero attached hydrogens (tertiary/aromatic N) is 2. The van der Waals surface area contributed by atoms with Crippen LogP contribution < -0.4 is 0 Å². The zero-order valence-corrected chi connectivity index (χ0v) is 9.02. The number of hydroxylamine groups is 1. The van der Waals surface area contributed by atoms with Crippen LogP contribution in [0.3, 0.4) is 0 Å². The summed E-state index contributed by atoms with van der Waals surface area (Å²) >= 11 is 5.56. The first-order valence-corrected chi connectivity index (χ1v) is 5.12. The van der Waals surface area contributed by atoms with Gasteiger partial charge in [-0.25, -0.2) is 5.97 Å². The Morgan fingerprint density at radius 1 is 1.40 bits per heavy atom. The molecule has 0 saturated heterocycles. The molecule has 2 radical (unpaired) electrons. The molecule has 0 fully saturated rings. The minimum Gasteiger partial charge on any atom is -0.410 e. The first-order chi connectivity index (χ1) is 7.36. The van der Waals surface area contributed by atoms with Crippen LogP contribution in [0.25, 0.3) is 0 Å². The second-order valence-electron chi connectivity index (χ2n) is 2.85. The van der Waals surface area contributed by atoms with E-state index >= 15 is 0 Å². The molecule has 0 saturated carbocycles. The zero-order chi connectivity index (χ0) is 10.9. The van der Waals surface area contributed by atoms with Crippen molar-refractivity contribution >= 4 is 19.0 Å². The van der Waals surface area contributed by atoms with Crippen molar-refractivity contribution in [3.05, 3.63) is 35.9 Å². The van der Waals surface area contributed by atoms with Gasteiger partial charge in [0.05, 0.1) is 6.61 Å². The summed E-state index contributed by atoms with van der Waals surface area (Å²) in [4.78, 5) is 6.82. The quantitative estimate of drug-likeness (QED) is 0.417. The molecule has 0 heterocycles. The zero-order valence-electron chi connectivity index (χ0n) is 8.27. The van der Waals surface area contributed by atoms with E-state index < -0.39 is 0 Å². The fraction of sp³-hybridized carbons (Fsp3) is 0.300. The van der Waals surface area contributed by atoms with Gasteiger partial charge in [0.2, 0.25) is 0 Å². The Labute approximate surface area is 95.4 Å². The predicted octanol–water partition coefficient (Wildman–Crippen LogP) is 1.76. The van der Waals surface area contributed by atoms with Crippen LogP contribution >= 0.6 is 11.6 Å². The van der Waals surface area contributed by atoms with Crippen molar-refractivity contribution < 1.29 is 4.84 Å². The highest BCUT2D eigenvalue weighted by Gasteiger charge is 1.94. The molecule has 0 spiro atoms. The van der Waals surface area contributed by atoms with Crippen LogP contribution in [0, 0.1) is 11.2 Å². The van der Waals surface area contributed by atoms with Crippen molar-refractivity contribution in [2.75, 3.05) is 12.4 Å². The summed E-state index contributed by atoms with van der Waals surface area (Å²) in [6.45, 7) is 0.942. The van der Waals surface area contributed by atoms with E-state index in [0.29, 0.717) is 19.0 Å². The van der Waals surface area contributed by atoms with Crippen molar-refractivity contribution in [2.24, 2.45) is 0 Å². The number of hydrogen-bond donors (Lipinski definition) is 0. The highest BCUT2D eigenvalue weighted by Crippen LogP contribution is 2.02. The van der Waals surface area contributed by atoms with Gasteiger partial charge in [0.1, 0.15) is 0 Å². The molecular weight excluding hydrogens is 210 g/mol. The molecule has 0 bridgehead atoms. The van der Waals surface area contributed by atoms with E-state index in [9.17, 15) is 0 Å². The highest BCUT2D eigenvalue weighted by molar-refractivity contribution is 6.41. The molecule has 78 valence electrons. The second kappa shape index (κ2) is 7.30. The van der Waals surface area contributed by atoms with Crippen molar-refractivity contribution in [3.8, 4) is 5.97 Å². The third-order valence-corrected chi connectivity index (χ3v) is 1.92. The fourth-order valence-corrected chi connectivity index (χ4v) is 1.21. The molecule has 0 aliphatic rings. The standard InChI is InChI=1S/C10H11BClN2O/c12-6-7-14(11-9-13)15-8-10-4-2-1-3-5-10/h1-5H,6-8H2/q-1. The van der Waals surface area contributed by atoms with Gasteiger partial charge in [0.25, 0.3) is 0 Å². The molecule has 5 heteroatoms. The molecule has 0 atom stereocenters. The molecule has 0 N–H and O–H groups in total. The molecule has 1 aromatic rings. The average molecular weight is 221 g/mol. The van der Waals surface area contributed by atoms with E-state index in [0.717, 1.165) is 5.56 Å². The maximum absolute atomic E-state index is 8.49. The van der Waals surface area contributed by atoms with E-state index in [1.807, 2.05) is 36.3 Å². The van der Waals surface area contributed by atoms with E-state index in [4.69, 9.17) is 21.7 Å². The Morgan fingerprint density at radius 3 is 2.73 bits per heavy atom. The van der Waals surface area contributed by atoms with Gasteiger partial charge in [0.15, 0.2) is 0 Å². The van der Waals surface area contributed by atoms with E-state index in [2.05, 4.69) is 0 Å². The van der Waals surface area contributed by atoms with Crippen LogP contribution in [0.15, 0.2) is 30.3 Å². The summed E-state index contributed by atoms with van der Waals surface area (Å²) < 4.78 is 0. The first kappa shape index (κ1) is 12.1. The third kappa shape index (κ3) is 4.84. The Morgan fingerprint density at radius 2 is 2.13 bits per heavy atom. The lowest BCUT2D eigenvalue weighted by atomic mass is 9.98. The van der Waals surface area contributed by atoms with E-state index in [1.54, 1.807) is 0 Å². The highest BCUT2D eigenvalue weighted by atomic mass is 35.5. The monoisotopic (exact) mass is 221 g/mol. The molecule has 1 rings (SSSR count). The molecular formula is C10H11BClN2O-. The van der Waals surface area contributed by atoms with Gasteiger partial charge in [-0.15, -0.1) is 11.6 Å². The Hall–Kier alpha value is -1.02. The Bertz CT molecular complexity index is 315. The van der Waals surface area contributed by atoms with Gasteiger partial charge in [-0.1, -0.05) is 37.7 Å². The summed E-state index contributed by atoms with van der Waals surface area (Å²) in [6.07, 6.45) is 0. The summed E-state index contributed by atoms with van der Waals surface area (Å²) in [6, 6.07) is 9.76. The lowest BCUT2D eigenvalue weighted by Gasteiger charge is -2.29. The maximum atomic E-state index is 8.49. The lowest BCUT2D eigenvalue weighted by molar-refractivity contribution is -0.0947. The van der Waals surface area contributed by atoms with Crippen molar-refractivity contribution in [1.29, 1.82) is 5.26 Å². The van der Waals surface area contributed by atoms with Gasteiger partial charge in [-0.2, -0.15) is 0 Å². The summed E-state index contributed by atoms with van der Waals surface area (Å²) in [5, 5.41) is 8.49. The minimum absolute atomic E-state index is 0.424. The van der Waals surface area contributed by atoms with Crippen LogP contribution in [-0.2, 0) is 11.4 Å². The van der Waals surface area contributed by atoms with Gasteiger partial charge in [0, 0.05) is 5.88 Å². The van der Waals surface area contributed by atoms with Gasteiger partial charge in [-0.3, -0.25) is 5.26 Å². The molecule has 0 unspecified atom stereocenters. The molecule has 15 heavy (non-hydrogen) atoms. The van der Waals surface area contributed by atoms with Crippen LogP contribution in [-0.4, -0.2) is 24.8 Å². The molecule has 0 aromatic heterocycles. The maximum Gasteiger partial charge on any atom is 0.0887 e. The van der Waals surface area contributed by atoms with Crippen LogP contribution in [0.1, 0.15) is 5.56 Å². The van der Waals surface area contributed by atoms with Crippen molar-refractivity contribution in [1.82, 2.24) is 4.97 Å². The van der Waals surface area contributed by atoms with E-state index in [-0.39, 0.29) is 0 Å². The second-order valence-corrected chi connectivity index (χ2v) is 3.22. The number of alkyl halides is 1. The van der Waals surface area contributed by atoms with Crippen LogP contribution in [0.5, 0.6) is 0 Å². The SMILES string of the molecule is N#C[B-]N(CCCl)OCc1ccccc1. The molecule has 3 nitrogen and oxygen atoms in total. The molecule has 0 aliphatic heterocycles. The summed E-state index contributed by atoms with van der Waals surface area (Å²) in [7, 11) is 1.31. The lowest BCUT2D eigenvalue weighted by Crippen LogP contribution is -2.29. The molecule has 0 aliphatic carbocycles. The number of halogens is 1. The summed E-state index contributed by atoms with van der Waals surface area (Å²) in [5.41, 5.74) is 1.06. The number of nitriles is 1. The first-order valence-electron chi connectivity index (χ1n) is 4.59. The van der Waals surface area contributed by atoms with E-state index in [1.165, 1.54) is 12.4 Å². The number of rotatable bonds is 6. The minimum atomic E-state index is 0.424. The van der Waals surface area contributed by atoms with Crippen molar-refractivity contribution in [2.45, 2.75) is 6.61 Å². The van der Waals surface area contributed by atoms with Gasteiger partial charge >= 0.3 is 0 Å². The van der Waals surface area contributed by atoms with Crippen LogP contribution in [0.4, 0.5) is 0 Å². The van der Waals surface area contributed by atoms with Gasteiger partial charge < -0.3 is 9.81 Å². The number of benzene rings is 1. The predicted molar refractivity (Wildman–Crippen MR) is 60.0 cm³/mol. The normalized spacial score (nSPS) is 10.2. The number of hydrogen-bond acceptors (Lipinski definition) is 3. The fourth-order valence-electron chi connectivity index (χ4n) is 1.05. The Kier molecular flexibility index (Phi) is 5.87. The smallest absolute Gasteiger partial charge is 0.0887 e. The third-order valence-electron chi connectivity index (χ3n) is 1.75.